The van der Waals surface area contributed by atoms with Gasteiger partial charge in [0.25, 0.3) is 0 Å². The second-order valence-corrected chi connectivity index (χ2v) is 6.89. The second-order valence-electron chi connectivity index (χ2n) is 5.68. The van der Waals surface area contributed by atoms with Gasteiger partial charge >= 0.3 is 0 Å². The summed E-state index contributed by atoms with van der Waals surface area (Å²) >= 11 is 1.59. The van der Waals surface area contributed by atoms with Crippen LogP contribution < -0.4 is 0 Å². The summed E-state index contributed by atoms with van der Waals surface area (Å²) in [4.78, 5) is 13.8. The van der Waals surface area contributed by atoms with Crippen molar-refractivity contribution in [3.05, 3.63) is 66.2 Å². The van der Waals surface area contributed by atoms with Gasteiger partial charge in [-0.25, -0.2) is 0 Å². The molecule has 0 bridgehead atoms. The zero-order valence-electron chi connectivity index (χ0n) is 12.2. The van der Waals surface area contributed by atoms with Crippen LogP contribution in [0.25, 0.3) is 0 Å². The average molecular weight is 298 g/mol. The van der Waals surface area contributed by atoms with E-state index in [4.69, 9.17) is 4.74 Å². The van der Waals surface area contributed by atoms with Crippen molar-refractivity contribution in [2.75, 3.05) is 0 Å². The third kappa shape index (κ3) is 2.89. The highest BCUT2D eigenvalue weighted by Crippen LogP contribution is 2.45. The molecule has 2 nitrogen and oxygen atoms in total. The number of carbonyl (C=O) groups is 1. The lowest BCUT2D eigenvalue weighted by Gasteiger charge is -2.18. The van der Waals surface area contributed by atoms with Gasteiger partial charge in [-0.05, 0) is 31.5 Å². The second kappa shape index (κ2) is 5.66. The van der Waals surface area contributed by atoms with Crippen LogP contribution in [0.1, 0.15) is 25.5 Å². The van der Waals surface area contributed by atoms with Crippen molar-refractivity contribution in [2.24, 2.45) is 0 Å². The fourth-order valence-electron chi connectivity index (χ4n) is 2.56. The van der Waals surface area contributed by atoms with Crippen LogP contribution in [-0.4, -0.2) is 16.6 Å². The quantitative estimate of drug-likeness (QED) is 0.846. The monoisotopic (exact) mass is 298 g/mol. The molecule has 3 heteroatoms. The number of carbonyl (C=O) groups excluding carboxylic acids is 1. The number of rotatable bonds is 3. The van der Waals surface area contributed by atoms with E-state index >= 15 is 0 Å². The SMILES string of the molecule is CC1(C)O[C@H](c2ccccc2)C(Sc2ccccc2)C1=O. The normalized spacial score (nSPS) is 24.2. The molecule has 1 heterocycles. The van der Waals surface area contributed by atoms with Crippen LogP contribution >= 0.6 is 11.8 Å². The minimum atomic E-state index is -0.729. The van der Waals surface area contributed by atoms with Crippen molar-refractivity contribution in [3.8, 4) is 0 Å². The first-order valence-electron chi connectivity index (χ1n) is 7.07. The highest BCUT2D eigenvalue weighted by Gasteiger charge is 2.49. The molecule has 1 unspecified atom stereocenters. The Morgan fingerprint density at radius 1 is 0.952 bits per heavy atom. The van der Waals surface area contributed by atoms with E-state index in [1.807, 2.05) is 74.5 Å². The van der Waals surface area contributed by atoms with Crippen LogP contribution in [0.5, 0.6) is 0 Å². The first-order chi connectivity index (χ1) is 10.1. The molecular weight excluding hydrogens is 280 g/mol. The molecule has 0 aromatic heterocycles. The Morgan fingerprint density at radius 3 is 2.14 bits per heavy atom. The molecule has 0 radical (unpaired) electrons. The first kappa shape index (κ1) is 14.4. The summed E-state index contributed by atoms with van der Waals surface area (Å²) in [6, 6.07) is 20.0. The number of thioether (sulfide) groups is 1. The Balaban J connectivity index is 1.92. The number of benzene rings is 2. The van der Waals surface area contributed by atoms with Gasteiger partial charge in [0.05, 0.1) is 0 Å². The van der Waals surface area contributed by atoms with E-state index < -0.39 is 5.60 Å². The number of ketones is 1. The molecule has 0 aliphatic carbocycles. The summed E-state index contributed by atoms with van der Waals surface area (Å²) in [6.45, 7) is 3.72. The van der Waals surface area contributed by atoms with E-state index in [1.165, 1.54) is 0 Å². The van der Waals surface area contributed by atoms with E-state index in [0.717, 1.165) is 10.5 Å². The smallest absolute Gasteiger partial charge is 0.180 e. The Kier molecular flexibility index (Phi) is 3.87. The maximum absolute atomic E-state index is 12.7. The Labute approximate surface area is 129 Å². The fourth-order valence-corrected chi connectivity index (χ4v) is 3.90. The molecule has 0 spiro atoms. The summed E-state index contributed by atoms with van der Waals surface area (Å²) < 4.78 is 6.06. The van der Waals surface area contributed by atoms with Gasteiger partial charge < -0.3 is 4.74 Å². The van der Waals surface area contributed by atoms with Crippen molar-refractivity contribution in [3.63, 3.8) is 0 Å². The molecule has 1 fully saturated rings. The minimum Gasteiger partial charge on any atom is -0.358 e. The molecular formula is C18H18O2S. The molecule has 2 aromatic carbocycles. The van der Waals surface area contributed by atoms with Gasteiger partial charge in [0, 0.05) is 4.90 Å². The van der Waals surface area contributed by atoms with Gasteiger partial charge in [0.1, 0.15) is 17.0 Å². The highest BCUT2D eigenvalue weighted by atomic mass is 32.2. The summed E-state index contributed by atoms with van der Waals surface area (Å²) in [6.07, 6.45) is -0.195. The molecule has 1 aliphatic heterocycles. The van der Waals surface area contributed by atoms with Gasteiger partial charge in [-0.15, -0.1) is 11.8 Å². The van der Waals surface area contributed by atoms with E-state index in [0.29, 0.717) is 0 Å². The zero-order chi connectivity index (χ0) is 14.9. The van der Waals surface area contributed by atoms with Gasteiger partial charge in [0.2, 0.25) is 0 Å². The van der Waals surface area contributed by atoms with Crippen LogP contribution in [0.4, 0.5) is 0 Å². The molecule has 108 valence electrons. The maximum atomic E-state index is 12.7. The molecule has 21 heavy (non-hydrogen) atoms. The zero-order valence-corrected chi connectivity index (χ0v) is 13.0. The molecule has 0 saturated carbocycles. The number of hydrogen-bond donors (Lipinski definition) is 0. The van der Waals surface area contributed by atoms with Gasteiger partial charge in [-0.2, -0.15) is 0 Å². The van der Waals surface area contributed by atoms with Gasteiger partial charge in [-0.3, -0.25) is 4.79 Å². The third-order valence-electron chi connectivity index (χ3n) is 3.68. The van der Waals surface area contributed by atoms with Crippen molar-refractivity contribution in [1.29, 1.82) is 0 Å². The lowest BCUT2D eigenvalue weighted by Crippen LogP contribution is -2.30. The summed E-state index contributed by atoms with van der Waals surface area (Å²) in [5, 5.41) is -0.204. The molecule has 1 saturated heterocycles. The van der Waals surface area contributed by atoms with E-state index in [1.54, 1.807) is 11.8 Å². The lowest BCUT2D eigenvalue weighted by molar-refractivity contribution is -0.129. The average Bonchev–Trinajstić information content (AvgIpc) is 2.73. The van der Waals surface area contributed by atoms with E-state index in [-0.39, 0.29) is 17.1 Å². The standard InChI is InChI=1S/C18H18O2S/c1-18(2)17(19)16(21-14-11-7-4-8-12-14)15(20-18)13-9-5-3-6-10-13/h3-12,15-16H,1-2H3/t15-,16?/m1/s1. The van der Waals surface area contributed by atoms with Crippen LogP contribution in [-0.2, 0) is 9.53 Å². The van der Waals surface area contributed by atoms with Gasteiger partial charge in [0.15, 0.2) is 5.78 Å². The van der Waals surface area contributed by atoms with Crippen LogP contribution in [0, 0.1) is 0 Å². The van der Waals surface area contributed by atoms with Crippen molar-refractivity contribution in [2.45, 2.75) is 35.7 Å². The number of hydrogen-bond acceptors (Lipinski definition) is 3. The topological polar surface area (TPSA) is 26.3 Å². The molecule has 0 amide bonds. The Morgan fingerprint density at radius 2 is 1.52 bits per heavy atom. The molecule has 3 rings (SSSR count). The first-order valence-corrected chi connectivity index (χ1v) is 7.95. The van der Waals surface area contributed by atoms with Crippen LogP contribution in [0.2, 0.25) is 0 Å². The fraction of sp³-hybridized carbons (Fsp3) is 0.278. The third-order valence-corrected chi connectivity index (χ3v) is 4.94. The minimum absolute atomic E-state index is 0.158. The Hall–Kier alpha value is -1.58. The van der Waals surface area contributed by atoms with Crippen molar-refractivity contribution < 1.29 is 9.53 Å². The predicted molar refractivity (Wildman–Crippen MR) is 85.4 cm³/mol. The van der Waals surface area contributed by atoms with Gasteiger partial charge in [-0.1, -0.05) is 48.5 Å². The lowest BCUT2D eigenvalue weighted by atomic mass is 10.0. The Bertz CT molecular complexity index is 622. The highest BCUT2D eigenvalue weighted by molar-refractivity contribution is 8.00. The summed E-state index contributed by atoms with van der Waals surface area (Å²) in [5.74, 6) is 0.158. The number of Topliss-reactive ketones (excluding diaryl/α,β-unsaturated/α-hetero) is 1. The predicted octanol–water partition coefficient (Wildman–Crippen LogP) is 4.27. The summed E-state index contributed by atoms with van der Waals surface area (Å²) in [7, 11) is 0. The van der Waals surface area contributed by atoms with E-state index in [2.05, 4.69) is 0 Å². The van der Waals surface area contributed by atoms with Crippen molar-refractivity contribution >= 4 is 17.5 Å². The molecule has 1 aliphatic rings. The van der Waals surface area contributed by atoms with Crippen molar-refractivity contribution in [1.82, 2.24) is 0 Å². The number of ether oxygens (including phenoxy) is 1. The van der Waals surface area contributed by atoms with Crippen LogP contribution in [0.15, 0.2) is 65.6 Å². The molecule has 0 N–H and O–H groups in total. The molecule has 2 aromatic rings. The van der Waals surface area contributed by atoms with E-state index in [9.17, 15) is 4.79 Å². The summed E-state index contributed by atoms with van der Waals surface area (Å²) in [5.41, 5.74) is 0.331. The maximum Gasteiger partial charge on any atom is 0.180 e. The van der Waals surface area contributed by atoms with Crippen LogP contribution in [0.3, 0.4) is 0 Å². The molecule has 2 atom stereocenters. The largest absolute Gasteiger partial charge is 0.358 e.